The van der Waals surface area contributed by atoms with E-state index < -0.39 is 0 Å². The maximum atomic E-state index is 5.86. The molecule has 0 aromatic heterocycles. The Morgan fingerprint density at radius 3 is 2.86 bits per heavy atom. The summed E-state index contributed by atoms with van der Waals surface area (Å²) in [6, 6.07) is 1.52. The molecule has 2 atom stereocenters. The lowest BCUT2D eigenvalue weighted by Crippen LogP contribution is -2.45. The Bertz CT molecular complexity index is 147. The van der Waals surface area contributed by atoms with Crippen LogP contribution < -0.4 is 0 Å². The van der Waals surface area contributed by atoms with Crippen molar-refractivity contribution in [2.24, 2.45) is 0 Å². The Morgan fingerprint density at radius 1 is 1.43 bits per heavy atom. The molecule has 1 saturated heterocycles. The number of piperidine rings is 1. The van der Waals surface area contributed by atoms with Crippen LogP contribution in [0.4, 0.5) is 0 Å². The fraction of sp³-hybridized carbons (Fsp3) is 1.00. The van der Waals surface area contributed by atoms with Crippen LogP contribution in [0.2, 0.25) is 0 Å². The average molecular weight is 218 g/mol. The number of nitrogens with zero attached hydrogens (tertiary/aromatic N) is 1. The van der Waals surface area contributed by atoms with E-state index in [4.69, 9.17) is 11.6 Å². The van der Waals surface area contributed by atoms with Crippen LogP contribution in [0.15, 0.2) is 0 Å². The highest BCUT2D eigenvalue weighted by molar-refractivity contribution is 6.17. The van der Waals surface area contributed by atoms with Crippen molar-refractivity contribution in [2.45, 2.75) is 64.5 Å². The number of likely N-dealkylation sites (tertiary alicyclic amines) is 1. The minimum absolute atomic E-state index is 0.758. The van der Waals surface area contributed by atoms with Crippen LogP contribution in [0.25, 0.3) is 0 Å². The zero-order valence-corrected chi connectivity index (χ0v) is 10.4. The molecule has 0 spiro atoms. The molecular formula is C12H24ClN. The van der Waals surface area contributed by atoms with Crippen molar-refractivity contribution in [3.05, 3.63) is 0 Å². The van der Waals surface area contributed by atoms with Crippen molar-refractivity contribution in [2.75, 3.05) is 12.4 Å². The second-order valence-corrected chi connectivity index (χ2v) is 4.88. The van der Waals surface area contributed by atoms with E-state index in [9.17, 15) is 0 Å². The molecule has 0 amide bonds. The van der Waals surface area contributed by atoms with Crippen molar-refractivity contribution in [1.82, 2.24) is 4.90 Å². The van der Waals surface area contributed by atoms with Gasteiger partial charge in [-0.05, 0) is 39.2 Å². The van der Waals surface area contributed by atoms with Crippen LogP contribution in [0, 0.1) is 0 Å². The molecule has 14 heavy (non-hydrogen) atoms. The highest BCUT2D eigenvalue weighted by atomic mass is 35.5. The fourth-order valence-electron chi connectivity index (χ4n) is 2.62. The maximum Gasteiger partial charge on any atom is 0.0238 e. The van der Waals surface area contributed by atoms with Crippen molar-refractivity contribution < 1.29 is 0 Å². The van der Waals surface area contributed by atoms with Gasteiger partial charge in [0.15, 0.2) is 0 Å². The number of alkyl halides is 1. The minimum Gasteiger partial charge on any atom is -0.298 e. The van der Waals surface area contributed by atoms with E-state index in [1.54, 1.807) is 0 Å². The molecule has 1 heterocycles. The first-order chi connectivity index (χ1) is 6.79. The van der Waals surface area contributed by atoms with Crippen LogP contribution in [0.5, 0.6) is 0 Å². The predicted octanol–water partition coefficient (Wildman–Crippen LogP) is 3.66. The lowest BCUT2D eigenvalue weighted by Gasteiger charge is -2.39. The average Bonchev–Trinajstić information content (AvgIpc) is 2.19. The Labute approximate surface area is 93.8 Å². The van der Waals surface area contributed by atoms with Gasteiger partial charge in [-0.15, -0.1) is 11.6 Å². The first-order valence-corrected chi connectivity index (χ1v) is 6.64. The molecule has 1 aliphatic heterocycles. The van der Waals surface area contributed by atoms with Crippen molar-refractivity contribution in [3.63, 3.8) is 0 Å². The van der Waals surface area contributed by atoms with Crippen LogP contribution in [-0.2, 0) is 0 Å². The monoisotopic (exact) mass is 217 g/mol. The zero-order chi connectivity index (χ0) is 10.4. The lowest BCUT2D eigenvalue weighted by molar-refractivity contribution is 0.0956. The van der Waals surface area contributed by atoms with Gasteiger partial charge in [0.2, 0.25) is 0 Å². The van der Waals surface area contributed by atoms with Crippen LogP contribution >= 0.6 is 11.6 Å². The molecule has 1 aliphatic rings. The molecule has 1 nitrogen and oxygen atoms in total. The molecule has 0 aromatic rings. The van der Waals surface area contributed by atoms with Crippen molar-refractivity contribution >= 4 is 11.6 Å². The molecule has 0 aromatic carbocycles. The first kappa shape index (κ1) is 12.3. The second-order valence-electron chi connectivity index (χ2n) is 4.50. The van der Waals surface area contributed by atoms with Gasteiger partial charge in [-0.25, -0.2) is 0 Å². The summed E-state index contributed by atoms with van der Waals surface area (Å²) in [7, 11) is 0. The molecule has 84 valence electrons. The molecule has 1 rings (SSSR count). The molecule has 1 fully saturated rings. The quantitative estimate of drug-likeness (QED) is 0.636. The van der Waals surface area contributed by atoms with Crippen molar-refractivity contribution in [3.8, 4) is 0 Å². The summed E-state index contributed by atoms with van der Waals surface area (Å²) in [4.78, 5) is 2.69. The third kappa shape index (κ3) is 3.43. The molecular weight excluding hydrogens is 194 g/mol. The van der Waals surface area contributed by atoms with E-state index in [2.05, 4.69) is 18.7 Å². The van der Waals surface area contributed by atoms with Gasteiger partial charge in [-0.2, -0.15) is 0 Å². The topological polar surface area (TPSA) is 3.24 Å². The normalized spacial score (nSPS) is 26.4. The smallest absolute Gasteiger partial charge is 0.0238 e. The Kier molecular flexibility index (Phi) is 5.88. The van der Waals surface area contributed by atoms with Crippen LogP contribution in [0.3, 0.4) is 0 Å². The van der Waals surface area contributed by atoms with Gasteiger partial charge in [0.05, 0.1) is 0 Å². The van der Waals surface area contributed by atoms with Gasteiger partial charge in [-0.3, -0.25) is 4.90 Å². The number of halogens is 1. The van der Waals surface area contributed by atoms with Gasteiger partial charge in [0.25, 0.3) is 0 Å². The maximum absolute atomic E-state index is 5.86. The molecule has 0 aliphatic carbocycles. The highest BCUT2D eigenvalue weighted by Crippen LogP contribution is 2.23. The number of rotatable bonds is 5. The first-order valence-electron chi connectivity index (χ1n) is 6.11. The Morgan fingerprint density at radius 2 is 2.21 bits per heavy atom. The summed E-state index contributed by atoms with van der Waals surface area (Å²) in [5, 5.41) is 0. The third-order valence-electron chi connectivity index (χ3n) is 3.39. The van der Waals surface area contributed by atoms with E-state index in [0.29, 0.717) is 0 Å². The van der Waals surface area contributed by atoms with Gasteiger partial charge >= 0.3 is 0 Å². The zero-order valence-electron chi connectivity index (χ0n) is 9.64. The lowest BCUT2D eigenvalue weighted by atomic mass is 9.97. The van der Waals surface area contributed by atoms with Crippen molar-refractivity contribution in [1.29, 1.82) is 0 Å². The summed E-state index contributed by atoms with van der Waals surface area (Å²) in [6.07, 6.45) is 7.95. The highest BCUT2D eigenvalue weighted by Gasteiger charge is 2.25. The number of hydrogen-bond acceptors (Lipinski definition) is 1. The molecule has 0 N–H and O–H groups in total. The molecule has 2 unspecified atom stereocenters. The largest absolute Gasteiger partial charge is 0.298 e. The van der Waals surface area contributed by atoms with E-state index in [-0.39, 0.29) is 0 Å². The van der Waals surface area contributed by atoms with Gasteiger partial charge in [-0.1, -0.05) is 19.8 Å². The SMILES string of the molecule is CCCC(C)N1CCCCC1CCCl. The van der Waals surface area contributed by atoms with E-state index in [0.717, 1.165) is 18.0 Å². The molecule has 0 radical (unpaired) electrons. The summed E-state index contributed by atoms with van der Waals surface area (Å²) >= 11 is 5.86. The number of hydrogen-bond donors (Lipinski definition) is 0. The summed E-state index contributed by atoms with van der Waals surface area (Å²) in [5.41, 5.74) is 0. The van der Waals surface area contributed by atoms with Gasteiger partial charge in [0, 0.05) is 18.0 Å². The summed E-state index contributed by atoms with van der Waals surface area (Å²) in [6.45, 7) is 5.94. The molecule has 2 heteroatoms. The van der Waals surface area contributed by atoms with E-state index in [1.807, 2.05) is 0 Å². The van der Waals surface area contributed by atoms with Crippen LogP contribution in [0.1, 0.15) is 52.4 Å². The third-order valence-corrected chi connectivity index (χ3v) is 3.61. The fourth-order valence-corrected chi connectivity index (χ4v) is 2.87. The summed E-state index contributed by atoms with van der Waals surface area (Å²) in [5.74, 6) is 0.819. The van der Waals surface area contributed by atoms with E-state index in [1.165, 1.54) is 45.1 Å². The predicted molar refractivity (Wildman–Crippen MR) is 64.1 cm³/mol. The second kappa shape index (κ2) is 6.68. The standard InChI is InChI=1S/C12H24ClN/c1-3-6-11(2)14-10-5-4-7-12(14)8-9-13/h11-12H,3-10H2,1-2H3. The molecule has 0 saturated carbocycles. The van der Waals surface area contributed by atoms with Gasteiger partial charge in [0.1, 0.15) is 0 Å². The van der Waals surface area contributed by atoms with Crippen LogP contribution in [-0.4, -0.2) is 29.4 Å². The minimum atomic E-state index is 0.758. The Balaban J connectivity index is 2.44. The van der Waals surface area contributed by atoms with E-state index >= 15 is 0 Å². The summed E-state index contributed by atoms with van der Waals surface area (Å²) < 4.78 is 0. The Hall–Kier alpha value is 0.250. The molecule has 0 bridgehead atoms. The van der Waals surface area contributed by atoms with Gasteiger partial charge < -0.3 is 0 Å².